The number of halogens is 1. The minimum atomic E-state index is 0.574. The monoisotopic (exact) mass is 278 g/mol. The van der Waals surface area contributed by atoms with E-state index in [0.29, 0.717) is 10.7 Å². The molecule has 0 heterocycles. The van der Waals surface area contributed by atoms with Gasteiger partial charge in [0.1, 0.15) is 0 Å². The molecule has 0 spiro atoms. The Balaban J connectivity index is 2.37. The molecule has 0 aliphatic rings. The lowest BCUT2D eigenvalue weighted by Crippen LogP contribution is -1.97. The van der Waals surface area contributed by atoms with Gasteiger partial charge in [0.15, 0.2) is 0 Å². The Labute approximate surface area is 117 Å². The number of para-hydroxylation sites is 1. The van der Waals surface area contributed by atoms with Crippen LogP contribution in [-0.2, 0) is 0 Å². The number of nitrogens with two attached hydrogens (primary N) is 1. The third kappa shape index (κ3) is 2.74. The second-order valence-corrected chi connectivity index (χ2v) is 5.27. The number of hydrogen-bond acceptors (Lipinski definition) is 3. The number of rotatable bonds is 3. The minimum Gasteiger partial charge on any atom is -0.398 e. The van der Waals surface area contributed by atoms with Gasteiger partial charge < -0.3 is 11.1 Å². The number of thioether (sulfide) groups is 1. The van der Waals surface area contributed by atoms with Crippen LogP contribution >= 0.6 is 23.4 Å². The summed E-state index contributed by atoms with van der Waals surface area (Å²) in [5.74, 6) is 0. The van der Waals surface area contributed by atoms with Gasteiger partial charge in [-0.05, 0) is 43.0 Å². The summed E-state index contributed by atoms with van der Waals surface area (Å²) in [5.41, 5.74) is 9.52. The average Bonchev–Trinajstić information content (AvgIpc) is 2.36. The summed E-state index contributed by atoms with van der Waals surface area (Å²) in [6, 6.07) is 11.9. The molecule has 2 rings (SSSR count). The molecular weight excluding hydrogens is 264 g/mol. The maximum atomic E-state index is 6.06. The molecular formula is C14H15ClN2S. The van der Waals surface area contributed by atoms with Crippen LogP contribution in [0.4, 0.5) is 17.1 Å². The van der Waals surface area contributed by atoms with Gasteiger partial charge in [-0.15, -0.1) is 11.8 Å². The van der Waals surface area contributed by atoms with Crippen LogP contribution in [0.3, 0.4) is 0 Å². The van der Waals surface area contributed by atoms with Gasteiger partial charge in [0.25, 0.3) is 0 Å². The molecule has 18 heavy (non-hydrogen) atoms. The number of nitrogens with one attached hydrogen (secondary N) is 1. The molecule has 2 aromatic carbocycles. The van der Waals surface area contributed by atoms with E-state index in [1.165, 1.54) is 4.90 Å². The highest BCUT2D eigenvalue weighted by Gasteiger charge is 2.06. The lowest BCUT2D eigenvalue weighted by atomic mass is 10.1. The molecule has 94 valence electrons. The molecule has 2 aromatic rings. The fraction of sp³-hybridized carbons (Fsp3) is 0.143. The molecule has 0 radical (unpaired) electrons. The Bertz CT molecular complexity index is 570. The van der Waals surface area contributed by atoms with E-state index in [-0.39, 0.29) is 0 Å². The molecule has 0 aliphatic carbocycles. The Morgan fingerprint density at radius 2 is 1.89 bits per heavy atom. The van der Waals surface area contributed by atoms with E-state index in [9.17, 15) is 0 Å². The van der Waals surface area contributed by atoms with Crippen LogP contribution in [0.15, 0.2) is 41.3 Å². The molecule has 0 saturated carbocycles. The molecule has 0 aromatic heterocycles. The van der Waals surface area contributed by atoms with Gasteiger partial charge in [0.05, 0.1) is 16.4 Å². The van der Waals surface area contributed by atoms with Crippen LogP contribution in [-0.4, -0.2) is 6.26 Å². The Kier molecular flexibility index (Phi) is 4.04. The van der Waals surface area contributed by atoms with E-state index < -0.39 is 0 Å². The highest BCUT2D eigenvalue weighted by Crippen LogP contribution is 2.32. The van der Waals surface area contributed by atoms with Crippen molar-refractivity contribution in [3.63, 3.8) is 0 Å². The predicted octanol–water partition coefficient (Wildman–Crippen LogP) is 4.70. The van der Waals surface area contributed by atoms with Crippen molar-refractivity contribution in [1.82, 2.24) is 0 Å². The molecule has 3 N–H and O–H groups in total. The molecule has 0 bridgehead atoms. The Morgan fingerprint density at radius 3 is 2.61 bits per heavy atom. The lowest BCUT2D eigenvalue weighted by Gasteiger charge is -2.13. The zero-order chi connectivity index (χ0) is 13.1. The SMILES string of the molecule is CSc1ccccc1Nc1cc(Cl)c(N)cc1C. The van der Waals surface area contributed by atoms with Gasteiger partial charge >= 0.3 is 0 Å². The highest BCUT2D eigenvalue weighted by molar-refractivity contribution is 7.98. The first-order chi connectivity index (χ1) is 8.61. The van der Waals surface area contributed by atoms with Gasteiger partial charge in [-0.2, -0.15) is 0 Å². The number of nitrogen functional groups attached to an aromatic ring is 1. The first kappa shape index (κ1) is 13.1. The van der Waals surface area contributed by atoms with Crippen molar-refractivity contribution < 1.29 is 0 Å². The third-order valence-electron chi connectivity index (χ3n) is 2.72. The van der Waals surface area contributed by atoms with Crippen molar-refractivity contribution in [2.24, 2.45) is 0 Å². The maximum absolute atomic E-state index is 6.06. The minimum absolute atomic E-state index is 0.574. The van der Waals surface area contributed by atoms with Crippen LogP contribution in [0.2, 0.25) is 5.02 Å². The zero-order valence-corrected chi connectivity index (χ0v) is 11.9. The van der Waals surface area contributed by atoms with Crippen LogP contribution in [0.25, 0.3) is 0 Å². The second kappa shape index (κ2) is 5.55. The van der Waals surface area contributed by atoms with Gasteiger partial charge in [-0.25, -0.2) is 0 Å². The number of anilines is 3. The van der Waals surface area contributed by atoms with E-state index >= 15 is 0 Å². The summed E-state index contributed by atoms with van der Waals surface area (Å²) in [4.78, 5) is 1.20. The van der Waals surface area contributed by atoms with E-state index in [1.54, 1.807) is 11.8 Å². The van der Waals surface area contributed by atoms with Crippen molar-refractivity contribution in [3.8, 4) is 0 Å². The predicted molar refractivity (Wildman–Crippen MR) is 82.1 cm³/mol. The molecule has 0 amide bonds. The Hall–Kier alpha value is -1.32. The van der Waals surface area contributed by atoms with Gasteiger partial charge in [-0.1, -0.05) is 23.7 Å². The third-order valence-corrected chi connectivity index (χ3v) is 3.84. The maximum Gasteiger partial charge on any atom is 0.0656 e. The van der Waals surface area contributed by atoms with E-state index in [0.717, 1.165) is 16.9 Å². The first-order valence-electron chi connectivity index (χ1n) is 5.57. The summed E-state index contributed by atoms with van der Waals surface area (Å²) in [6.45, 7) is 2.01. The largest absolute Gasteiger partial charge is 0.398 e. The molecule has 0 saturated heterocycles. The molecule has 0 aliphatic heterocycles. The fourth-order valence-electron chi connectivity index (χ4n) is 1.73. The quantitative estimate of drug-likeness (QED) is 0.631. The van der Waals surface area contributed by atoms with Crippen LogP contribution in [0.1, 0.15) is 5.56 Å². The van der Waals surface area contributed by atoms with Gasteiger partial charge in [0.2, 0.25) is 0 Å². The highest BCUT2D eigenvalue weighted by atomic mass is 35.5. The van der Waals surface area contributed by atoms with E-state index in [1.807, 2.05) is 31.2 Å². The molecule has 4 heteroatoms. The fourth-order valence-corrected chi connectivity index (χ4v) is 2.45. The van der Waals surface area contributed by atoms with E-state index in [4.69, 9.17) is 17.3 Å². The molecule has 0 atom stereocenters. The standard InChI is InChI=1S/C14H15ClN2S/c1-9-7-11(16)10(15)8-13(9)17-12-5-3-4-6-14(12)18-2/h3-8,17H,16H2,1-2H3. The van der Waals surface area contributed by atoms with Crippen molar-refractivity contribution in [2.75, 3.05) is 17.3 Å². The summed E-state index contributed by atoms with van der Waals surface area (Å²) in [6.07, 6.45) is 2.06. The number of benzene rings is 2. The molecule has 0 fully saturated rings. The smallest absolute Gasteiger partial charge is 0.0656 e. The summed E-state index contributed by atoms with van der Waals surface area (Å²) in [5, 5.41) is 3.97. The normalized spacial score (nSPS) is 10.4. The number of aryl methyl sites for hydroxylation is 1. The summed E-state index contributed by atoms with van der Waals surface area (Å²) in [7, 11) is 0. The Morgan fingerprint density at radius 1 is 1.17 bits per heavy atom. The van der Waals surface area contributed by atoms with Crippen molar-refractivity contribution in [3.05, 3.63) is 47.0 Å². The topological polar surface area (TPSA) is 38.0 Å². The van der Waals surface area contributed by atoms with Gasteiger partial charge in [0, 0.05) is 10.6 Å². The van der Waals surface area contributed by atoms with Gasteiger partial charge in [-0.3, -0.25) is 0 Å². The average molecular weight is 279 g/mol. The van der Waals surface area contributed by atoms with Crippen LogP contribution in [0, 0.1) is 6.92 Å². The van der Waals surface area contributed by atoms with Crippen LogP contribution in [0.5, 0.6) is 0 Å². The van der Waals surface area contributed by atoms with Crippen molar-refractivity contribution >= 4 is 40.4 Å². The van der Waals surface area contributed by atoms with Crippen molar-refractivity contribution in [1.29, 1.82) is 0 Å². The molecule has 2 nitrogen and oxygen atoms in total. The van der Waals surface area contributed by atoms with E-state index in [2.05, 4.69) is 23.7 Å². The summed E-state index contributed by atoms with van der Waals surface area (Å²) < 4.78 is 0. The second-order valence-electron chi connectivity index (χ2n) is 4.01. The summed E-state index contributed by atoms with van der Waals surface area (Å²) >= 11 is 7.76. The lowest BCUT2D eigenvalue weighted by molar-refractivity contribution is 1.38. The molecule has 0 unspecified atom stereocenters. The zero-order valence-electron chi connectivity index (χ0n) is 10.3. The number of hydrogen-bond donors (Lipinski definition) is 2. The first-order valence-corrected chi connectivity index (χ1v) is 7.17. The van der Waals surface area contributed by atoms with Crippen molar-refractivity contribution in [2.45, 2.75) is 11.8 Å². The van der Waals surface area contributed by atoms with Crippen LogP contribution < -0.4 is 11.1 Å².